The number of aliphatic carboxylic acids is 1. The first kappa shape index (κ1) is 26.5. The van der Waals surface area contributed by atoms with E-state index < -0.39 is 24.0 Å². The van der Waals surface area contributed by atoms with E-state index in [4.69, 9.17) is 16.7 Å². The fourth-order valence-corrected chi connectivity index (χ4v) is 4.98. The lowest BCUT2D eigenvalue weighted by atomic mass is 9.73. The maximum absolute atomic E-state index is 14.5. The second-order valence-electron chi connectivity index (χ2n) is 9.17. The Morgan fingerprint density at radius 2 is 1.77 bits per heavy atom. The summed E-state index contributed by atoms with van der Waals surface area (Å²) >= 11 is 6.57. The summed E-state index contributed by atoms with van der Waals surface area (Å²) in [5.41, 5.74) is 4.71. The summed E-state index contributed by atoms with van der Waals surface area (Å²) in [5, 5.41) is 15.6. The third kappa shape index (κ3) is 5.83. The topological polar surface area (TPSA) is 75.2 Å². The van der Waals surface area contributed by atoms with E-state index in [9.17, 15) is 22.4 Å². The molecule has 1 saturated carbocycles. The molecule has 0 unspecified atom stereocenters. The van der Waals surface area contributed by atoms with Gasteiger partial charge in [0.05, 0.1) is 15.9 Å². The van der Waals surface area contributed by atoms with Gasteiger partial charge in [0.2, 0.25) is 5.95 Å². The predicted octanol–water partition coefficient (Wildman–Crippen LogP) is 8.11. The van der Waals surface area contributed by atoms with Crippen molar-refractivity contribution < 1.29 is 32.2 Å². The molecule has 10 heteroatoms. The number of alkyl halides is 3. The molecule has 1 aliphatic rings. The van der Waals surface area contributed by atoms with Crippen LogP contribution in [0.15, 0.2) is 66.7 Å². The van der Waals surface area contributed by atoms with Gasteiger partial charge in [0.25, 0.3) is 0 Å². The molecule has 0 saturated heterocycles. The van der Waals surface area contributed by atoms with Crippen LogP contribution in [0.2, 0.25) is 5.02 Å². The van der Waals surface area contributed by atoms with Crippen molar-refractivity contribution in [2.24, 2.45) is 5.92 Å². The van der Waals surface area contributed by atoms with Gasteiger partial charge >= 0.3 is 12.3 Å². The standard InChI is InChI=1S/C29H21ClF4N2O3/c30-23-15-20(39-29(32,33)34)10-11-21(23)27(17-2-1-3-17)26(18-7-4-16(5-8-18)6-13-25(37)38)19-9-12-24-22(14-19)28(31)36-35-24/h4-15,17H,1-3H2,(H,35,36)(H,37,38)/b13-6+,27-26+. The molecule has 0 radical (unpaired) electrons. The van der Waals surface area contributed by atoms with Crippen LogP contribution in [0.3, 0.4) is 0 Å². The number of carbonyl (C=O) groups is 1. The van der Waals surface area contributed by atoms with E-state index in [0.29, 0.717) is 27.6 Å². The van der Waals surface area contributed by atoms with E-state index in [-0.39, 0.29) is 10.9 Å². The fourth-order valence-electron chi connectivity index (χ4n) is 4.71. The minimum absolute atomic E-state index is 0.0587. The highest BCUT2D eigenvalue weighted by Crippen LogP contribution is 2.47. The zero-order valence-electron chi connectivity index (χ0n) is 20.2. The molecule has 0 bridgehead atoms. The Labute approximate surface area is 225 Å². The average Bonchev–Trinajstić information content (AvgIpc) is 3.21. The van der Waals surface area contributed by atoms with E-state index in [1.54, 1.807) is 24.3 Å². The van der Waals surface area contributed by atoms with Crippen molar-refractivity contribution in [2.75, 3.05) is 0 Å². The van der Waals surface area contributed by atoms with Gasteiger partial charge in [-0.25, -0.2) is 4.79 Å². The first-order chi connectivity index (χ1) is 18.6. The number of hydrogen-bond donors (Lipinski definition) is 2. The molecule has 2 N–H and O–H groups in total. The molecule has 39 heavy (non-hydrogen) atoms. The van der Waals surface area contributed by atoms with Crippen molar-refractivity contribution >= 4 is 45.7 Å². The van der Waals surface area contributed by atoms with E-state index in [0.717, 1.165) is 48.1 Å². The van der Waals surface area contributed by atoms with Crippen molar-refractivity contribution in [3.63, 3.8) is 0 Å². The van der Waals surface area contributed by atoms with Crippen molar-refractivity contribution in [3.05, 3.63) is 100.0 Å². The smallest absolute Gasteiger partial charge is 0.478 e. The first-order valence-electron chi connectivity index (χ1n) is 12.0. The summed E-state index contributed by atoms with van der Waals surface area (Å²) in [4.78, 5) is 10.9. The minimum Gasteiger partial charge on any atom is -0.478 e. The molecule has 0 atom stereocenters. The number of allylic oxidation sites excluding steroid dienone is 1. The molecule has 0 aliphatic heterocycles. The fraction of sp³-hybridized carbons (Fsp3) is 0.172. The molecule has 1 aromatic heterocycles. The summed E-state index contributed by atoms with van der Waals surface area (Å²) in [6, 6.07) is 16.2. The van der Waals surface area contributed by atoms with Crippen LogP contribution in [0.5, 0.6) is 5.75 Å². The predicted molar refractivity (Wildman–Crippen MR) is 141 cm³/mol. The normalized spacial score (nSPS) is 14.9. The third-order valence-corrected chi connectivity index (χ3v) is 6.98. The van der Waals surface area contributed by atoms with Gasteiger partial charge in [0, 0.05) is 6.08 Å². The Morgan fingerprint density at radius 1 is 1.05 bits per heavy atom. The molecular weight excluding hydrogens is 536 g/mol. The maximum atomic E-state index is 14.5. The highest BCUT2D eigenvalue weighted by atomic mass is 35.5. The van der Waals surface area contributed by atoms with Gasteiger partial charge in [0.1, 0.15) is 5.75 Å². The molecule has 0 spiro atoms. The van der Waals surface area contributed by atoms with Crippen LogP contribution in [0.1, 0.15) is 41.5 Å². The first-order valence-corrected chi connectivity index (χ1v) is 12.4. The van der Waals surface area contributed by atoms with Crippen LogP contribution in [0.25, 0.3) is 28.1 Å². The Morgan fingerprint density at radius 3 is 2.38 bits per heavy atom. The largest absolute Gasteiger partial charge is 0.573 e. The SMILES string of the molecule is O=C(O)/C=C/c1ccc(/C(=C(\c2ccc(OC(F)(F)F)cc2Cl)C2CCC2)c2ccc3[nH]nc(F)c3c2)cc1. The number of carboxylic acids is 1. The number of nitrogens with one attached hydrogen (secondary N) is 1. The van der Waals surface area contributed by atoms with Crippen LogP contribution < -0.4 is 4.74 Å². The molecule has 1 aliphatic carbocycles. The number of hydrogen-bond acceptors (Lipinski definition) is 3. The molecule has 3 aromatic carbocycles. The Hall–Kier alpha value is -4.11. The lowest BCUT2D eigenvalue weighted by Crippen LogP contribution is -2.17. The summed E-state index contributed by atoms with van der Waals surface area (Å²) < 4.78 is 56.9. The molecule has 0 amide bonds. The van der Waals surface area contributed by atoms with Gasteiger partial charge in [-0.15, -0.1) is 18.3 Å². The summed E-state index contributed by atoms with van der Waals surface area (Å²) in [6.07, 6.45) is 0.304. The number of nitrogens with zero attached hydrogens (tertiary/aromatic N) is 1. The van der Waals surface area contributed by atoms with Gasteiger partial charge in [-0.05, 0) is 88.6 Å². The van der Waals surface area contributed by atoms with Crippen LogP contribution >= 0.6 is 11.6 Å². The van der Waals surface area contributed by atoms with E-state index in [1.165, 1.54) is 18.2 Å². The minimum atomic E-state index is -4.86. The van der Waals surface area contributed by atoms with Crippen molar-refractivity contribution in [2.45, 2.75) is 25.6 Å². The zero-order valence-corrected chi connectivity index (χ0v) is 21.0. The van der Waals surface area contributed by atoms with E-state index in [1.807, 2.05) is 18.2 Å². The van der Waals surface area contributed by atoms with Crippen molar-refractivity contribution in [1.82, 2.24) is 10.2 Å². The monoisotopic (exact) mass is 556 g/mol. The molecule has 5 nitrogen and oxygen atoms in total. The Bertz CT molecular complexity index is 1600. The highest BCUT2D eigenvalue weighted by molar-refractivity contribution is 6.33. The van der Waals surface area contributed by atoms with Gasteiger partial charge < -0.3 is 9.84 Å². The summed E-state index contributed by atoms with van der Waals surface area (Å²) in [5.74, 6) is -2.10. The number of aromatic nitrogens is 2. The number of fused-ring (bicyclic) bond motifs is 1. The van der Waals surface area contributed by atoms with E-state index in [2.05, 4.69) is 14.9 Å². The second-order valence-corrected chi connectivity index (χ2v) is 9.58. The van der Waals surface area contributed by atoms with Gasteiger partial charge in [-0.3, -0.25) is 5.10 Å². The van der Waals surface area contributed by atoms with Gasteiger partial charge in [0.15, 0.2) is 0 Å². The number of H-pyrrole nitrogens is 1. The van der Waals surface area contributed by atoms with E-state index >= 15 is 0 Å². The van der Waals surface area contributed by atoms with Crippen molar-refractivity contribution in [1.29, 1.82) is 0 Å². The number of ether oxygens (including phenoxy) is 1. The number of benzene rings is 3. The third-order valence-electron chi connectivity index (χ3n) is 6.67. The lowest BCUT2D eigenvalue weighted by Gasteiger charge is -2.32. The number of carboxylic acid groups (broad SMARTS) is 1. The molecule has 1 heterocycles. The van der Waals surface area contributed by atoms with Crippen LogP contribution in [0.4, 0.5) is 17.6 Å². The van der Waals surface area contributed by atoms with Gasteiger partial charge in [-0.1, -0.05) is 48.4 Å². The second kappa shape index (κ2) is 10.6. The Balaban J connectivity index is 1.73. The number of aromatic amines is 1. The summed E-state index contributed by atoms with van der Waals surface area (Å²) in [6.45, 7) is 0. The highest BCUT2D eigenvalue weighted by Gasteiger charge is 2.32. The van der Waals surface area contributed by atoms with Crippen LogP contribution in [-0.2, 0) is 4.79 Å². The zero-order chi connectivity index (χ0) is 27.7. The average molecular weight is 557 g/mol. The molecule has 200 valence electrons. The number of halogens is 5. The molecule has 4 aromatic rings. The van der Waals surface area contributed by atoms with Crippen LogP contribution in [-0.4, -0.2) is 27.6 Å². The van der Waals surface area contributed by atoms with Crippen LogP contribution in [0, 0.1) is 11.9 Å². The maximum Gasteiger partial charge on any atom is 0.573 e. The number of rotatable bonds is 7. The molecule has 1 fully saturated rings. The van der Waals surface area contributed by atoms with Gasteiger partial charge in [-0.2, -0.15) is 4.39 Å². The molecule has 5 rings (SSSR count). The Kier molecular flexibility index (Phi) is 7.18. The van der Waals surface area contributed by atoms with Crippen molar-refractivity contribution in [3.8, 4) is 5.75 Å². The molecular formula is C29H21ClF4N2O3. The summed E-state index contributed by atoms with van der Waals surface area (Å²) in [7, 11) is 0. The quantitative estimate of drug-likeness (QED) is 0.137. The lowest BCUT2D eigenvalue weighted by molar-refractivity contribution is -0.274.